The molecule has 0 fully saturated rings. The second-order valence-electron chi connectivity index (χ2n) is 8.80. The number of carbonyl (C=O) groups excluding carboxylic acids is 1. The molecule has 0 saturated heterocycles. The SMILES string of the molecule is COc1cc(NC(C(=O)c2c[nH]c3cc(OC)c(OC(F)(F)F)cc23)c2ccc(Cl)cc2OC)cc(S(C)(=O)=O)c1. The first-order valence-electron chi connectivity index (χ1n) is 11.7. The number of benzene rings is 3. The van der Waals surface area contributed by atoms with Crippen molar-refractivity contribution in [2.75, 3.05) is 32.9 Å². The molecule has 0 saturated carbocycles. The van der Waals surface area contributed by atoms with Gasteiger partial charge in [-0.2, -0.15) is 0 Å². The number of fused-ring (bicyclic) bond motifs is 1. The summed E-state index contributed by atoms with van der Waals surface area (Å²) in [6.45, 7) is 0. The Labute approximate surface area is 238 Å². The van der Waals surface area contributed by atoms with Gasteiger partial charge in [-0.15, -0.1) is 13.2 Å². The van der Waals surface area contributed by atoms with Crippen LogP contribution in [0.15, 0.2) is 59.6 Å². The summed E-state index contributed by atoms with van der Waals surface area (Å²) in [6, 6.07) is 9.82. The van der Waals surface area contributed by atoms with E-state index in [4.69, 9.17) is 25.8 Å². The number of ketones is 1. The van der Waals surface area contributed by atoms with Crippen LogP contribution in [0.4, 0.5) is 18.9 Å². The second kappa shape index (κ2) is 11.4. The smallest absolute Gasteiger partial charge is 0.497 e. The number of nitrogens with one attached hydrogen (secondary N) is 2. The highest BCUT2D eigenvalue weighted by atomic mass is 35.5. The average molecular weight is 613 g/mol. The predicted octanol–water partition coefficient (Wildman–Crippen LogP) is 6.19. The molecule has 0 aliphatic rings. The quantitative estimate of drug-likeness (QED) is 0.204. The Morgan fingerprint density at radius 3 is 2.27 bits per heavy atom. The molecule has 1 atom stereocenters. The Balaban J connectivity index is 1.89. The van der Waals surface area contributed by atoms with Crippen LogP contribution in [0.25, 0.3) is 10.9 Å². The lowest BCUT2D eigenvalue weighted by Gasteiger charge is -2.22. The number of hydrogen-bond donors (Lipinski definition) is 2. The summed E-state index contributed by atoms with van der Waals surface area (Å²) < 4.78 is 83.7. The molecular weight excluding hydrogens is 589 g/mol. The molecule has 1 heterocycles. The molecule has 1 aromatic heterocycles. The number of hydrogen-bond acceptors (Lipinski definition) is 8. The van der Waals surface area contributed by atoms with Crippen molar-refractivity contribution in [2.45, 2.75) is 17.3 Å². The fourth-order valence-corrected chi connectivity index (χ4v) is 5.05. The first kappa shape index (κ1) is 29.9. The van der Waals surface area contributed by atoms with Gasteiger partial charge in [-0.25, -0.2) is 8.42 Å². The molecule has 0 bridgehead atoms. The van der Waals surface area contributed by atoms with E-state index in [2.05, 4.69) is 15.0 Å². The molecule has 9 nitrogen and oxygen atoms in total. The van der Waals surface area contributed by atoms with Gasteiger partial charge in [-0.3, -0.25) is 4.79 Å². The Morgan fingerprint density at radius 1 is 0.951 bits per heavy atom. The third kappa shape index (κ3) is 6.63. The minimum atomic E-state index is -5.01. The lowest BCUT2D eigenvalue weighted by molar-refractivity contribution is -0.275. The van der Waals surface area contributed by atoms with Crippen LogP contribution in [-0.2, 0) is 9.84 Å². The number of H-pyrrole nitrogens is 1. The highest BCUT2D eigenvalue weighted by Crippen LogP contribution is 2.39. The zero-order valence-electron chi connectivity index (χ0n) is 22.1. The third-order valence-electron chi connectivity index (χ3n) is 6.08. The number of halogens is 4. The van der Waals surface area contributed by atoms with Crippen LogP contribution >= 0.6 is 11.6 Å². The lowest BCUT2D eigenvalue weighted by atomic mass is 9.95. The zero-order valence-corrected chi connectivity index (χ0v) is 23.6. The highest BCUT2D eigenvalue weighted by molar-refractivity contribution is 7.90. The van der Waals surface area contributed by atoms with Crippen molar-refractivity contribution in [3.63, 3.8) is 0 Å². The number of alkyl halides is 3. The van der Waals surface area contributed by atoms with E-state index in [1.54, 1.807) is 6.07 Å². The Kier molecular flexibility index (Phi) is 8.31. The summed E-state index contributed by atoms with van der Waals surface area (Å²) in [5, 5.41) is 3.49. The van der Waals surface area contributed by atoms with Crippen LogP contribution in [-0.4, -0.2) is 53.1 Å². The topological polar surface area (TPSA) is 116 Å². The van der Waals surface area contributed by atoms with Crippen LogP contribution in [0.1, 0.15) is 22.0 Å². The minimum absolute atomic E-state index is 0.00964. The fourth-order valence-electron chi connectivity index (χ4n) is 4.21. The highest BCUT2D eigenvalue weighted by Gasteiger charge is 2.34. The van der Waals surface area contributed by atoms with Crippen molar-refractivity contribution in [1.29, 1.82) is 0 Å². The van der Waals surface area contributed by atoms with Crippen molar-refractivity contribution >= 4 is 43.8 Å². The molecule has 1 unspecified atom stereocenters. The van der Waals surface area contributed by atoms with Crippen molar-refractivity contribution in [2.24, 2.45) is 0 Å². The van der Waals surface area contributed by atoms with E-state index in [1.807, 2.05) is 0 Å². The van der Waals surface area contributed by atoms with E-state index in [0.29, 0.717) is 16.1 Å². The molecule has 0 aliphatic heterocycles. The number of aromatic nitrogens is 1. The summed E-state index contributed by atoms with van der Waals surface area (Å²) >= 11 is 6.14. The van der Waals surface area contributed by atoms with Gasteiger partial charge >= 0.3 is 6.36 Å². The van der Waals surface area contributed by atoms with Crippen LogP contribution in [0.2, 0.25) is 5.02 Å². The fraction of sp³-hybridized carbons (Fsp3) is 0.222. The molecule has 41 heavy (non-hydrogen) atoms. The number of anilines is 1. The molecule has 3 aromatic carbocycles. The molecule has 0 aliphatic carbocycles. The summed E-state index contributed by atoms with van der Waals surface area (Å²) in [5.74, 6) is -0.992. The average Bonchev–Trinajstić information content (AvgIpc) is 3.32. The monoisotopic (exact) mass is 612 g/mol. The van der Waals surface area contributed by atoms with E-state index in [1.165, 1.54) is 63.9 Å². The Bertz CT molecular complexity index is 1720. The Morgan fingerprint density at radius 2 is 1.66 bits per heavy atom. The van der Waals surface area contributed by atoms with E-state index < -0.39 is 33.8 Å². The van der Waals surface area contributed by atoms with Gasteiger partial charge in [-0.05, 0) is 30.3 Å². The van der Waals surface area contributed by atoms with Gasteiger partial charge in [0.25, 0.3) is 0 Å². The lowest BCUT2D eigenvalue weighted by Crippen LogP contribution is -2.22. The van der Waals surface area contributed by atoms with Crippen molar-refractivity contribution in [3.8, 4) is 23.0 Å². The molecule has 14 heteroatoms. The number of sulfone groups is 1. The Hall–Kier alpha value is -4.10. The zero-order chi connectivity index (χ0) is 30.1. The number of methoxy groups -OCH3 is 3. The van der Waals surface area contributed by atoms with Gasteiger partial charge in [0.1, 0.15) is 17.5 Å². The molecule has 218 valence electrons. The molecule has 4 rings (SSSR count). The summed E-state index contributed by atoms with van der Waals surface area (Å²) in [7, 11) is 0.256. The van der Waals surface area contributed by atoms with Gasteiger partial charge in [0.05, 0.1) is 31.7 Å². The first-order valence-corrected chi connectivity index (χ1v) is 14.0. The van der Waals surface area contributed by atoms with Gasteiger partial charge in [-0.1, -0.05) is 17.7 Å². The number of rotatable bonds is 10. The van der Waals surface area contributed by atoms with Gasteiger partial charge in [0, 0.05) is 51.8 Å². The largest absolute Gasteiger partial charge is 0.573 e. The van der Waals surface area contributed by atoms with E-state index in [9.17, 15) is 26.4 Å². The third-order valence-corrected chi connectivity index (χ3v) is 7.41. The molecule has 2 N–H and O–H groups in total. The van der Waals surface area contributed by atoms with Gasteiger partial charge < -0.3 is 29.2 Å². The maximum absolute atomic E-state index is 14.2. The minimum Gasteiger partial charge on any atom is -0.497 e. The standard InChI is InChI=1S/C27H24ClF3N2O7S/c1-37-16-8-15(9-17(10-16)41(4,35)36)33-25(18-6-5-14(28)7-22(18)38-2)26(34)20-13-32-21-12-23(39-3)24(11-19(20)21)40-27(29,30)31/h5-13,25,32-33H,1-4H3. The molecule has 0 radical (unpaired) electrons. The number of Topliss-reactive ketones (excluding diaryl/α,β-unsaturated/α-hetero) is 1. The van der Waals surface area contributed by atoms with Crippen LogP contribution in [0.3, 0.4) is 0 Å². The summed E-state index contributed by atoms with van der Waals surface area (Å²) in [6.07, 6.45) is -2.64. The molecule has 0 amide bonds. The first-order chi connectivity index (χ1) is 19.2. The maximum Gasteiger partial charge on any atom is 0.573 e. The second-order valence-corrected chi connectivity index (χ2v) is 11.2. The number of carbonyl (C=O) groups is 1. The summed E-state index contributed by atoms with van der Waals surface area (Å²) in [5.41, 5.74) is 0.848. The van der Waals surface area contributed by atoms with Crippen molar-refractivity contribution < 1.29 is 45.3 Å². The normalized spacial score (nSPS) is 12.6. The van der Waals surface area contributed by atoms with E-state index in [-0.39, 0.29) is 38.8 Å². The number of aromatic amines is 1. The van der Waals surface area contributed by atoms with E-state index >= 15 is 0 Å². The number of ether oxygens (including phenoxy) is 4. The maximum atomic E-state index is 14.2. The predicted molar refractivity (Wildman–Crippen MR) is 146 cm³/mol. The van der Waals surface area contributed by atoms with Crippen molar-refractivity contribution in [3.05, 3.63) is 70.9 Å². The molecule has 0 spiro atoms. The molecule has 4 aromatic rings. The van der Waals surface area contributed by atoms with Crippen molar-refractivity contribution in [1.82, 2.24) is 4.98 Å². The van der Waals surface area contributed by atoms with Gasteiger partial charge in [0.15, 0.2) is 27.1 Å². The van der Waals surface area contributed by atoms with Gasteiger partial charge in [0.2, 0.25) is 0 Å². The van der Waals surface area contributed by atoms with Crippen LogP contribution in [0, 0.1) is 0 Å². The molecular formula is C27H24ClF3N2O7S. The van der Waals surface area contributed by atoms with Crippen LogP contribution < -0.4 is 24.3 Å². The van der Waals surface area contributed by atoms with Crippen LogP contribution in [0.5, 0.6) is 23.0 Å². The van der Waals surface area contributed by atoms with E-state index in [0.717, 1.165) is 12.3 Å². The summed E-state index contributed by atoms with van der Waals surface area (Å²) in [4.78, 5) is 17.0.